The van der Waals surface area contributed by atoms with Crippen molar-refractivity contribution in [3.8, 4) is 0 Å². The molecule has 0 amide bonds. The number of nitrogens with one attached hydrogen (secondary N) is 1. The zero-order chi connectivity index (χ0) is 14.7. The van der Waals surface area contributed by atoms with Crippen molar-refractivity contribution < 1.29 is 19.7 Å². The van der Waals surface area contributed by atoms with Gasteiger partial charge in [0.1, 0.15) is 6.10 Å². The summed E-state index contributed by atoms with van der Waals surface area (Å²) >= 11 is 0. The largest absolute Gasteiger partial charge is 0.465 e. The van der Waals surface area contributed by atoms with Gasteiger partial charge in [-0.25, -0.2) is 4.79 Å². The fourth-order valence-corrected chi connectivity index (χ4v) is 2.07. The highest BCUT2D eigenvalue weighted by Gasteiger charge is 2.21. The molecule has 1 aromatic heterocycles. The van der Waals surface area contributed by atoms with E-state index in [9.17, 15) is 15.0 Å². The quantitative estimate of drug-likeness (QED) is 0.576. The van der Waals surface area contributed by atoms with Crippen molar-refractivity contribution in [3.05, 3.63) is 29.5 Å². The van der Waals surface area contributed by atoms with Gasteiger partial charge < -0.3 is 20.7 Å². The van der Waals surface area contributed by atoms with Crippen LogP contribution in [0, 0.1) is 0 Å². The van der Waals surface area contributed by atoms with E-state index in [1.54, 1.807) is 6.07 Å². The summed E-state index contributed by atoms with van der Waals surface area (Å²) in [6.45, 7) is 0.258. The van der Waals surface area contributed by atoms with Crippen LogP contribution in [-0.2, 0) is 4.74 Å². The highest BCUT2D eigenvalue weighted by atomic mass is 16.5. The molecule has 0 aliphatic carbocycles. The number of rotatable bonds is 5. The Morgan fingerprint density at radius 2 is 2.25 bits per heavy atom. The molecule has 0 aliphatic heterocycles. The van der Waals surface area contributed by atoms with E-state index in [-0.39, 0.29) is 18.5 Å². The molecule has 0 aliphatic rings. The molecule has 1 aromatic carbocycles. The Morgan fingerprint density at radius 1 is 1.50 bits per heavy atom. The van der Waals surface area contributed by atoms with E-state index in [4.69, 9.17) is 10.5 Å². The molecule has 7 heteroatoms. The normalized spacial score (nSPS) is 14.2. The highest BCUT2D eigenvalue weighted by molar-refractivity contribution is 6.03. The smallest absolute Gasteiger partial charge is 0.338 e. The van der Waals surface area contributed by atoms with Gasteiger partial charge in [-0.1, -0.05) is 0 Å². The number of carbonyl (C=O) groups is 1. The van der Waals surface area contributed by atoms with Gasteiger partial charge >= 0.3 is 5.97 Å². The Morgan fingerprint density at radius 3 is 2.90 bits per heavy atom. The molecule has 20 heavy (non-hydrogen) atoms. The summed E-state index contributed by atoms with van der Waals surface area (Å²) in [7, 11) is 1.28. The van der Waals surface area contributed by atoms with Crippen molar-refractivity contribution >= 4 is 16.9 Å². The second-order valence-electron chi connectivity index (χ2n) is 4.48. The average molecular weight is 279 g/mol. The first-order chi connectivity index (χ1) is 9.58. The molecule has 7 nitrogen and oxygen atoms in total. The zero-order valence-electron chi connectivity index (χ0n) is 11.0. The number of aromatic nitrogens is 2. The number of H-pyrrole nitrogens is 1. The minimum Gasteiger partial charge on any atom is -0.465 e. The number of nitrogens with two attached hydrogens (primary N) is 1. The number of ether oxygens (including phenoxy) is 1. The Balaban J connectivity index is 2.46. The maximum atomic E-state index is 11.8. The van der Waals surface area contributed by atoms with Gasteiger partial charge in [0.15, 0.2) is 0 Å². The van der Waals surface area contributed by atoms with Crippen LogP contribution in [-0.4, -0.2) is 46.1 Å². The van der Waals surface area contributed by atoms with E-state index >= 15 is 0 Å². The number of nitrogens with zero attached hydrogens (tertiary/aromatic N) is 1. The van der Waals surface area contributed by atoms with Gasteiger partial charge in [0.25, 0.3) is 0 Å². The lowest BCUT2D eigenvalue weighted by atomic mass is 9.98. The van der Waals surface area contributed by atoms with Gasteiger partial charge in [0, 0.05) is 5.39 Å². The first kappa shape index (κ1) is 14.4. The number of aliphatic hydroxyl groups excluding tert-OH is 2. The second kappa shape index (κ2) is 6.00. The molecule has 0 saturated heterocycles. The summed E-state index contributed by atoms with van der Waals surface area (Å²) in [5.74, 6) is -0.529. The molecule has 0 spiro atoms. The average Bonchev–Trinajstić information content (AvgIpc) is 2.93. The number of carbonyl (C=O) groups excluding carboxylic acids is 1. The number of aromatic amines is 1. The van der Waals surface area contributed by atoms with Crippen molar-refractivity contribution in [1.82, 2.24) is 10.2 Å². The molecular formula is C13H17N3O4. The second-order valence-corrected chi connectivity index (χ2v) is 4.48. The van der Waals surface area contributed by atoms with Crippen LogP contribution in [0.3, 0.4) is 0 Å². The predicted octanol–water partition coefficient (Wildman–Crippen LogP) is 0.0926. The van der Waals surface area contributed by atoms with Crippen molar-refractivity contribution in [2.45, 2.75) is 18.6 Å². The number of fused-ring (bicyclic) bond motifs is 1. The van der Waals surface area contributed by atoms with Crippen LogP contribution in [0.5, 0.6) is 0 Å². The van der Waals surface area contributed by atoms with Crippen LogP contribution in [0.4, 0.5) is 0 Å². The van der Waals surface area contributed by atoms with Crippen LogP contribution >= 0.6 is 0 Å². The maximum Gasteiger partial charge on any atom is 0.338 e. The molecule has 1 heterocycles. The minimum atomic E-state index is -1.13. The van der Waals surface area contributed by atoms with E-state index in [1.165, 1.54) is 19.4 Å². The van der Waals surface area contributed by atoms with Crippen molar-refractivity contribution in [3.63, 3.8) is 0 Å². The number of aliphatic hydroxyl groups is 2. The van der Waals surface area contributed by atoms with Crippen molar-refractivity contribution in [1.29, 1.82) is 0 Å². The van der Waals surface area contributed by atoms with E-state index in [2.05, 4.69) is 10.2 Å². The molecule has 5 N–H and O–H groups in total. The van der Waals surface area contributed by atoms with Crippen LogP contribution in [0.25, 0.3) is 10.9 Å². The SMILES string of the molecule is COC(=O)c1cc(C(O)C(O)CCN)cc2[nH]ncc12. The van der Waals surface area contributed by atoms with Crippen molar-refractivity contribution in [2.75, 3.05) is 13.7 Å². The number of benzene rings is 1. The van der Waals surface area contributed by atoms with Gasteiger partial charge in [0.05, 0.1) is 30.5 Å². The minimum absolute atomic E-state index is 0.258. The lowest BCUT2D eigenvalue weighted by Gasteiger charge is -2.18. The van der Waals surface area contributed by atoms with Gasteiger partial charge in [-0.3, -0.25) is 5.10 Å². The van der Waals surface area contributed by atoms with Gasteiger partial charge in [0.2, 0.25) is 0 Å². The third-order valence-electron chi connectivity index (χ3n) is 3.15. The van der Waals surface area contributed by atoms with Crippen molar-refractivity contribution in [2.24, 2.45) is 5.73 Å². The molecule has 2 unspecified atom stereocenters. The first-order valence-corrected chi connectivity index (χ1v) is 6.20. The molecule has 2 rings (SSSR count). The number of hydrogen-bond acceptors (Lipinski definition) is 6. The third kappa shape index (κ3) is 2.64. The monoisotopic (exact) mass is 279 g/mol. The van der Waals surface area contributed by atoms with Gasteiger partial charge in [-0.2, -0.15) is 5.10 Å². The summed E-state index contributed by atoms with van der Waals surface area (Å²) < 4.78 is 4.71. The topological polar surface area (TPSA) is 121 Å². The third-order valence-corrected chi connectivity index (χ3v) is 3.15. The van der Waals surface area contributed by atoms with E-state index < -0.39 is 18.2 Å². The van der Waals surface area contributed by atoms with E-state index in [0.29, 0.717) is 16.5 Å². The predicted molar refractivity (Wildman–Crippen MR) is 72.1 cm³/mol. The summed E-state index contributed by atoms with van der Waals surface area (Å²) in [6, 6.07) is 3.13. The molecule has 0 bridgehead atoms. The summed E-state index contributed by atoms with van der Waals surface area (Å²) in [5.41, 5.74) is 6.63. The summed E-state index contributed by atoms with van der Waals surface area (Å²) in [5, 5.41) is 27.1. The Hall–Kier alpha value is -1.96. The standard InChI is InChI=1S/C13H17N3O4/c1-20-13(19)8-4-7(12(18)11(17)2-3-14)5-10-9(8)6-15-16-10/h4-6,11-12,17-18H,2-3,14H2,1H3,(H,15,16). The molecule has 0 radical (unpaired) electrons. The van der Waals surface area contributed by atoms with Crippen LogP contribution in [0.1, 0.15) is 28.4 Å². The molecule has 0 saturated carbocycles. The Kier molecular flexibility index (Phi) is 4.33. The molecule has 2 aromatic rings. The van der Waals surface area contributed by atoms with Crippen LogP contribution in [0.15, 0.2) is 18.3 Å². The fourth-order valence-electron chi connectivity index (χ4n) is 2.07. The van der Waals surface area contributed by atoms with Crippen LogP contribution in [0.2, 0.25) is 0 Å². The van der Waals surface area contributed by atoms with E-state index in [0.717, 1.165) is 0 Å². The number of esters is 1. The number of hydrogen-bond donors (Lipinski definition) is 4. The van der Waals surface area contributed by atoms with Gasteiger partial charge in [-0.05, 0) is 30.7 Å². The Bertz CT molecular complexity index is 611. The lowest BCUT2D eigenvalue weighted by molar-refractivity contribution is 0.0150. The molecule has 108 valence electrons. The first-order valence-electron chi connectivity index (χ1n) is 6.20. The highest BCUT2D eigenvalue weighted by Crippen LogP contribution is 2.26. The maximum absolute atomic E-state index is 11.8. The Labute approximate surface area is 115 Å². The van der Waals surface area contributed by atoms with Gasteiger partial charge in [-0.15, -0.1) is 0 Å². The molecular weight excluding hydrogens is 262 g/mol. The lowest BCUT2D eigenvalue weighted by Crippen LogP contribution is -2.22. The van der Waals surface area contributed by atoms with E-state index in [1.807, 2.05) is 0 Å². The molecule has 0 fully saturated rings. The molecule has 2 atom stereocenters. The zero-order valence-corrected chi connectivity index (χ0v) is 11.0. The fraction of sp³-hybridized carbons (Fsp3) is 0.385. The summed E-state index contributed by atoms with van der Waals surface area (Å²) in [6.07, 6.45) is -0.357. The number of methoxy groups -OCH3 is 1. The summed E-state index contributed by atoms with van der Waals surface area (Å²) in [4.78, 5) is 11.8. The van der Waals surface area contributed by atoms with Crippen LogP contribution < -0.4 is 5.73 Å².